The van der Waals surface area contributed by atoms with Crippen LogP contribution in [0.4, 0.5) is 15.8 Å². The molecule has 110 valence electrons. The van der Waals surface area contributed by atoms with Crippen molar-refractivity contribution in [2.75, 3.05) is 10.6 Å². The predicted molar refractivity (Wildman–Crippen MR) is 84.3 cm³/mol. The van der Waals surface area contributed by atoms with Crippen LogP contribution in [0.25, 0.3) is 0 Å². The summed E-state index contributed by atoms with van der Waals surface area (Å²) in [5, 5.41) is 5.82. The smallest absolute Gasteiger partial charge is 0.246 e. The highest BCUT2D eigenvalue weighted by Crippen LogP contribution is 2.20. The van der Waals surface area contributed by atoms with E-state index in [0.29, 0.717) is 5.69 Å². The van der Waals surface area contributed by atoms with Gasteiger partial charge in [0.15, 0.2) is 0 Å². The number of halogens is 2. The van der Waals surface area contributed by atoms with Crippen LogP contribution in [0.2, 0.25) is 5.02 Å². The molecule has 0 radical (unpaired) electrons. The highest BCUT2D eigenvalue weighted by Gasteiger charge is 2.13. The van der Waals surface area contributed by atoms with E-state index in [-0.39, 0.29) is 10.9 Å². The second-order valence-electron chi connectivity index (χ2n) is 4.85. The van der Waals surface area contributed by atoms with E-state index >= 15 is 0 Å². The maximum atomic E-state index is 13.1. The summed E-state index contributed by atoms with van der Waals surface area (Å²) in [6.45, 7) is 3.68. The van der Waals surface area contributed by atoms with Crippen LogP contribution in [0, 0.1) is 12.7 Å². The van der Waals surface area contributed by atoms with E-state index in [1.54, 1.807) is 6.92 Å². The molecule has 0 aliphatic rings. The molecule has 0 aromatic heterocycles. The molecule has 0 saturated heterocycles. The van der Waals surface area contributed by atoms with E-state index in [0.717, 1.165) is 11.3 Å². The Kier molecular flexibility index (Phi) is 4.81. The summed E-state index contributed by atoms with van der Waals surface area (Å²) in [5.41, 5.74) is 2.40. The second-order valence-corrected chi connectivity index (χ2v) is 5.26. The monoisotopic (exact) mass is 306 g/mol. The Hall–Kier alpha value is -2.07. The first-order valence-electron chi connectivity index (χ1n) is 6.55. The number of carbonyl (C=O) groups excluding carboxylic acids is 1. The summed E-state index contributed by atoms with van der Waals surface area (Å²) in [7, 11) is 0. The van der Waals surface area contributed by atoms with Crippen LogP contribution in [0.3, 0.4) is 0 Å². The minimum absolute atomic E-state index is 0.0197. The van der Waals surface area contributed by atoms with E-state index in [9.17, 15) is 9.18 Å². The number of aryl methyl sites for hydroxylation is 1. The molecule has 2 N–H and O–H groups in total. The third-order valence-electron chi connectivity index (χ3n) is 2.98. The van der Waals surface area contributed by atoms with Crippen LogP contribution < -0.4 is 10.6 Å². The average Bonchev–Trinajstić information content (AvgIpc) is 2.43. The Balaban J connectivity index is 2.00. The quantitative estimate of drug-likeness (QED) is 0.887. The van der Waals surface area contributed by atoms with Crippen molar-refractivity contribution >= 4 is 28.9 Å². The number of hydrogen-bond donors (Lipinski definition) is 2. The van der Waals surface area contributed by atoms with E-state index < -0.39 is 11.9 Å². The number of anilines is 2. The first kappa shape index (κ1) is 15.3. The molecule has 0 aliphatic heterocycles. The van der Waals surface area contributed by atoms with Crippen LogP contribution in [-0.4, -0.2) is 11.9 Å². The number of benzene rings is 2. The molecule has 2 rings (SSSR count). The van der Waals surface area contributed by atoms with Gasteiger partial charge in [-0.2, -0.15) is 0 Å². The standard InChI is InChI=1S/C16H16ClFN2O/c1-10-4-3-5-12(8-10)20-16(21)11(2)19-13-6-7-15(18)14(17)9-13/h3-9,11,19H,1-2H3,(H,20,21)/t11-/m1/s1. The van der Waals surface area contributed by atoms with Gasteiger partial charge in [0.1, 0.15) is 11.9 Å². The minimum atomic E-state index is -0.487. The van der Waals surface area contributed by atoms with Gasteiger partial charge < -0.3 is 10.6 Å². The number of carbonyl (C=O) groups is 1. The highest BCUT2D eigenvalue weighted by molar-refractivity contribution is 6.31. The zero-order chi connectivity index (χ0) is 15.4. The maximum absolute atomic E-state index is 13.1. The first-order valence-corrected chi connectivity index (χ1v) is 6.92. The lowest BCUT2D eigenvalue weighted by molar-refractivity contribution is -0.116. The summed E-state index contributed by atoms with van der Waals surface area (Å²) in [6.07, 6.45) is 0. The van der Waals surface area contributed by atoms with Crippen molar-refractivity contribution in [1.82, 2.24) is 0 Å². The molecule has 0 heterocycles. The number of amides is 1. The molecule has 3 nitrogen and oxygen atoms in total. The molecule has 0 saturated carbocycles. The van der Waals surface area contributed by atoms with E-state index in [1.807, 2.05) is 31.2 Å². The third kappa shape index (κ3) is 4.20. The summed E-state index contributed by atoms with van der Waals surface area (Å²) in [4.78, 5) is 12.1. The van der Waals surface area contributed by atoms with Crippen LogP contribution >= 0.6 is 11.6 Å². The van der Waals surface area contributed by atoms with Gasteiger partial charge in [0.25, 0.3) is 0 Å². The molecule has 2 aromatic carbocycles. The van der Waals surface area contributed by atoms with Gasteiger partial charge in [-0.3, -0.25) is 4.79 Å². The lowest BCUT2D eigenvalue weighted by Crippen LogP contribution is -2.31. The summed E-state index contributed by atoms with van der Waals surface area (Å²) < 4.78 is 13.1. The Labute approximate surface area is 128 Å². The van der Waals surface area contributed by atoms with Crippen molar-refractivity contribution in [1.29, 1.82) is 0 Å². The predicted octanol–water partition coefficient (Wildman–Crippen LogP) is 4.23. The van der Waals surface area contributed by atoms with Crippen molar-refractivity contribution in [2.24, 2.45) is 0 Å². The lowest BCUT2D eigenvalue weighted by Gasteiger charge is -2.15. The molecule has 0 unspecified atom stereocenters. The molecular weight excluding hydrogens is 291 g/mol. The summed E-state index contributed by atoms with van der Waals surface area (Å²) in [6, 6.07) is 11.3. The van der Waals surface area contributed by atoms with Gasteiger partial charge in [0.2, 0.25) is 5.91 Å². The minimum Gasteiger partial charge on any atom is -0.374 e. The van der Waals surface area contributed by atoms with E-state index in [4.69, 9.17) is 11.6 Å². The first-order chi connectivity index (χ1) is 9.95. The second kappa shape index (κ2) is 6.59. The molecular formula is C16H16ClFN2O. The fourth-order valence-corrected chi connectivity index (χ4v) is 2.06. The zero-order valence-electron chi connectivity index (χ0n) is 11.8. The maximum Gasteiger partial charge on any atom is 0.246 e. The van der Waals surface area contributed by atoms with Gasteiger partial charge in [-0.05, 0) is 49.7 Å². The van der Waals surface area contributed by atoms with Gasteiger partial charge in [-0.1, -0.05) is 23.7 Å². The fraction of sp³-hybridized carbons (Fsp3) is 0.188. The topological polar surface area (TPSA) is 41.1 Å². The van der Waals surface area contributed by atoms with Crippen LogP contribution in [0.1, 0.15) is 12.5 Å². The van der Waals surface area contributed by atoms with E-state index in [1.165, 1.54) is 18.2 Å². The van der Waals surface area contributed by atoms with Crippen molar-refractivity contribution in [2.45, 2.75) is 19.9 Å². The molecule has 21 heavy (non-hydrogen) atoms. The number of rotatable bonds is 4. The summed E-state index contributed by atoms with van der Waals surface area (Å²) in [5.74, 6) is -0.667. The van der Waals surface area contributed by atoms with Crippen molar-refractivity contribution < 1.29 is 9.18 Å². The SMILES string of the molecule is Cc1cccc(NC(=O)[C@@H](C)Nc2ccc(F)c(Cl)c2)c1. The average molecular weight is 307 g/mol. The Morgan fingerprint density at radius 3 is 2.62 bits per heavy atom. The van der Waals surface area contributed by atoms with Gasteiger partial charge in [0, 0.05) is 11.4 Å². The van der Waals surface area contributed by atoms with Gasteiger partial charge in [-0.15, -0.1) is 0 Å². The largest absolute Gasteiger partial charge is 0.374 e. The molecule has 0 fully saturated rings. The highest BCUT2D eigenvalue weighted by atomic mass is 35.5. The van der Waals surface area contributed by atoms with Gasteiger partial charge in [-0.25, -0.2) is 4.39 Å². The molecule has 1 amide bonds. The normalized spacial score (nSPS) is 11.8. The third-order valence-corrected chi connectivity index (χ3v) is 3.27. The molecule has 2 aromatic rings. The Morgan fingerprint density at radius 2 is 1.95 bits per heavy atom. The lowest BCUT2D eigenvalue weighted by atomic mass is 10.2. The molecule has 0 bridgehead atoms. The number of hydrogen-bond acceptors (Lipinski definition) is 2. The Bertz CT molecular complexity index is 660. The number of nitrogens with one attached hydrogen (secondary N) is 2. The van der Waals surface area contributed by atoms with Gasteiger partial charge in [0.05, 0.1) is 5.02 Å². The van der Waals surface area contributed by atoms with Crippen LogP contribution in [-0.2, 0) is 4.79 Å². The van der Waals surface area contributed by atoms with Gasteiger partial charge >= 0.3 is 0 Å². The molecule has 0 aliphatic carbocycles. The van der Waals surface area contributed by atoms with Crippen molar-refractivity contribution in [3.8, 4) is 0 Å². The zero-order valence-corrected chi connectivity index (χ0v) is 12.5. The van der Waals surface area contributed by atoms with Crippen molar-refractivity contribution in [3.63, 3.8) is 0 Å². The molecule has 1 atom stereocenters. The fourth-order valence-electron chi connectivity index (χ4n) is 1.87. The molecule has 0 spiro atoms. The van der Waals surface area contributed by atoms with Crippen LogP contribution in [0.5, 0.6) is 0 Å². The van der Waals surface area contributed by atoms with E-state index in [2.05, 4.69) is 10.6 Å². The molecule has 5 heteroatoms. The summed E-state index contributed by atoms with van der Waals surface area (Å²) >= 11 is 5.71. The van der Waals surface area contributed by atoms with Crippen LogP contribution in [0.15, 0.2) is 42.5 Å². The van der Waals surface area contributed by atoms with Crippen molar-refractivity contribution in [3.05, 3.63) is 58.9 Å². The Morgan fingerprint density at radius 1 is 1.19 bits per heavy atom.